The van der Waals surface area contributed by atoms with Crippen molar-refractivity contribution in [3.05, 3.63) is 45.5 Å². The molecular formula is C32H34O10. The minimum Gasteiger partial charge on any atom is -0.506 e. The molecule has 1 unspecified atom stereocenters. The Morgan fingerprint density at radius 2 is 1.43 bits per heavy atom. The first kappa shape index (κ1) is 28.4. The lowest BCUT2D eigenvalue weighted by Crippen LogP contribution is -2.49. The van der Waals surface area contributed by atoms with E-state index in [0.717, 1.165) is 0 Å². The molecule has 0 spiro atoms. The van der Waals surface area contributed by atoms with Crippen LogP contribution in [0, 0.1) is 11.8 Å². The second-order valence-electron chi connectivity index (χ2n) is 11.7. The van der Waals surface area contributed by atoms with Gasteiger partial charge >= 0.3 is 0 Å². The molecular weight excluding hydrogens is 544 g/mol. The van der Waals surface area contributed by atoms with Crippen LogP contribution >= 0.6 is 0 Å². The normalized spacial score (nSPS) is 30.4. The first-order valence-corrected chi connectivity index (χ1v) is 14.1. The van der Waals surface area contributed by atoms with Crippen molar-refractivity contribution >= 4 is 17.3 Å². The third-order valence-corrected chi connectivity index (χ3v) is 9.17. The number of aliphatic hydroxyl groups is 1. The van der Waals surface area contributed by atoms with E-state index in [1.54, 1.807) is 13.8 Å². The van der Waals surface area contributed by atoms with Gasteiger partial charge in [0.25, 0.3) is 0 Å². The minimum atomic E-state index is -1.19. The molecule has 42 heavy (non-hydrogen) atoms. The van der Waals surface area contributed by atoms with E-state index in [1.807, 2.05) is 13.8 Å². The molecule has 0 bridgehead atoms. The van der Waals surface area contributed by atoms with Crippen LogP contribution in [0.2, 0.25) is 0 Å². The van der Waals surface area contributed by atoms with Crippen LogP contribution in [-0.2, 0) is 9.47 Å². The number of carbonyl (C=O) groups is 3. The molecule has 2 aliphatic heterocycles. The van der Waals surface area contributed by atoms with Gasteiger partial charge in [-0.1, -0.05) is 0 Å². The van der Waals surface area contributed by atoms with E-state index in [-0.39, 0.29) is 68.4 Å². The topological polar surface area (TPSA) is 149 Å². The first-order valence-electron chi connectivity index (χ1n) is 14.1. The summed E-state index contributed by atoms with van der Waals surface area (Å²) in [5.41, 5.74) is 0.404. The molecule has 4 aliphatic rings. The number of Topliss-reactive ketones (excluding diaryl/α,β-unsaturated/α-hetero) is 3. The summed E-state index contributed by atoms with van der Waals surface area (Å²) in [5, 5.41) is 34.8. The summed E-state index contributed by atoms with van der Waals surface area (Å²) in [6.07, 6.45) is -2.08. The predicted molar refractivity (Wildman–Crippen MR) is 150 cm³/mol. The highest BCUT2D eigenvalue weighted by Crippen LogP contribution is 2.56. The van der Waals surface area contributed by atoms with Gasteiger partial charge in [-0.3, -0.25) is 14.4 Å². The van der Waals surface area contributed by atoms with E-state index in [0.29, 0.717) is 18.4 Å². The zero-order valence-corrected chi connectivity index (χ0v) is 24.3. The van der Waals surface area contributed by atoms with Gasteiger partial charge < -0.3 is 34.3 Å². The summed E-state index contributed by atoms with van der Waals surface area (Å²) in [4.78, 5) is 41.4. The third kappa shape index (κ3) is 3.85. The van der Waals surface area contributed by atoms with Crippen molar-refractivity contribution in [2.75, 3.05) is 14.2 Å². The van der Waals surface area contributed by atoms with Gasteiger partial charge in [-0.25, -0.2) is 0 Å². The maximum Gasteiger partial charge on any atom is 0.195 e. The van der Waals surface area contributed by atoms with Crippen molar-refractivity contribution in [3.63, 3.8) is 0 Å². The Morgan fingerprint density at radius 1 is 0.810 bits per heavy atom. The molecule has 3 N–H and O–H groups in total. The molecule has 6 rings (SSSR count). The molecule has 2 aliphatic carbocycles. The summed E-state index contributed by atoms with van der Waals surface area (Å²) >= 11 is 0. The van der Waals surface area contributed by atoms with E-state index in [9.17, 15) is 29.7 Å². The number of aliphatic hydroxyl groups excluding tert-OH is 1. The number of ether oxygens (including phenoxy) is 4. The van der Waals surface area contributed by atoms with Crippen LogP contribution in [0.3, 0.4) is 0 Å². The van der Waals surface area contributed by atoms with Gasteiger partial charge in [-0.05, 0) is 58.2 Å². The fraction of sp³-hybridized carbons (Fsp3) is 0.469. The van der Waals surface area contributed by atoms with Crippen LogP contribution in [0.25, 0.3) is 11.1 Å². The highest BCUT2D eigenvalue weighted by molar-refractivity contribution is 6.20. The molecule has 10 nitrogen and oxygen atoms in total. The largest absolute Gasteiger partial charge is 0.506 e. The van der Waals surface area contributed by atoms with E-state index in [4.69, 9.17) is 18.9 Å². The maximum absolute atomic E-state index is 13.9. The smallest absolute Gasteiger partial charge is 0.195 e. The second-order valence-corrected chi connectivity index (χ2v) is 11.7. The van der Waals surface area contributed by atoms with E-state index < -0.39 is 53.2 Å². The summed E-state index contributed by atoms with van der Waals surface area (Å²) in [5.74, 6) is -3.76. The maximum atomic E-state index is 13.9. The van der Waals surface area contributed by atoms with Crippen LogP contribution in [0.1, 0.15) is 83.3 Å². The second kappa shape index (κ2) is 9.93. The number of hydrogen-bond donors (Lipinski definition) is 3. The van der Waals surface area contributed by atoms with E-state index in [2.05, 4.69) is 0 Å². The van der Waals surface area contributed by atoms with Crippen molar-refractivity contribution in [1.29, 1.82) is 0 Å². The molecule has 0 radical (unpaired) electrons. The van der Waals surface area contributed by atoms with Crippen molar-refractivity contribution in [2.24, 2.45) is 11.8 Å². The van der Waals surface area contributed by atoms with Crippen LogP contribution in [0.15, 0.2) is 23.3 Å². The Balaban J connectivity index is 1.59. The van der Waals surface area contributed by atoms with Gasteiger partial charge in [-0.2, -0.15) is 0 Å². The molecule has 1 fully saturated rings. The average Bonchev–Trinajstić information content (AvgIpc) is 2.93. The molecule has 1 saturated heterocycles. The van der Waals surface area contributed by atoms with Gasteiger partial charge in [-0.15, -0.1) is 0 Å². The number of rotatable bonds is 3. The zero-order valence-electron chi connectivity index (χ0n) is 24.3. The van der Waals surface area contributed by atoms with Crippen LogP contribution < -0.4 is 9.47 Å². The quantitative estimate of drug-likeness (QED) is 0.481. The number of fused-ring (bicyclic) bond motifs is 3. The average molecular weight is 579 g/mol. The van der Waals surface area contributed by atoms with Crippen molar-refractivity contribution < 1.29 is 48.7 Å². The Bertz CT molecular complexity index is 1590. The Kier molecular flexibility index (Phi) is 6.71. The van der Waals surface area contributed by atoms with Crippen molar-refractivity contribution in [1.82, 2.24) is 0 Å². The van der Waals surface area contributed by atoms with Gasteiger partial charge in [0.2, 0.25) is 0 Å². The Labute approximate surface area is 242 Å². The lowest BCUT2D eigenvalue weighted by atomic mass is 9.67. The minimum absolute atomic E-state index is 0.000500. The standard InChI is InChI=1S/C32H34O10/c1-11-7-15-21(13(3)41-11)29(35)23-17(27(15)33)9-19(39-5)25(31(23)37)26-20(40-6)10-18-24(32(26)38)30(36)22-14(4)42-12(2)8-16(22)28(18)34/h9-15,21,28,34,37-38H,7-8H2,1-6H3/t11-,12-,13+,14+,15+,21?,28+/m0/s1. The number of phenols is 2. The molecule has 0 saturated carbocycles. The Morgan fingerprint density at radius 3 is 2.07 bits per heavy atom. The molecule has 0 aromatic heterocycles. The predicted octanol–water partition coefficient (Wildman–Crippen LogP) is 4.31. The molecule has 2 aromatic carbocycles. The Hall–Kier alpha value is -3.73. The highest BCUT2D eigenvalue weighted by atomic mass is 16.5. The van der Waals surface area contributed by atoms with E-state index in [1.165, 1.54) is 26.4 Å². The number of ketones is 3. The molecule has 10 heteroatoms. The van der Waals surface area contributed by atoms with Crippen LogP contribution in [-0.4, -0.2) is 71.3 Å². The lowest BCUT2D eigenvalue weighted by Gasteiger charge is -2.41. The number of hydrogen-bond acceptors (Lipinski definition) is 10. The van der Waals surface area contributed by atoms with E-state index >= 15 is 0 Å². The highest BCUT2D eigenvalue weighted by Gasteiger charge is 2.50. The van der Waals surface area contributed by atoms with Gasteiger partial charge in [0.05, 0.1) is 66.8 Å². The molecule has 2 heterocycles. The first-order chi connectivity index (χ1) is 19.9. The van der Waals surface area contributed by atoms with Crippen molar-refractivity contribution in [2.45, 2.75) is 71.1 Å². The molecule has 0 amide bonds. The van der Waals surface area contributed by atoms with Crippen molar-refractivity contribution in [3.8, 4) is 34.1 Å². The molecule has 7 atom stereocenters. The monoisotopic (exact) mass is 578 g/mol. The van der Waals surface area contributed by atoms with Gasteiger partial charge in [0.1, 0.15) is 29.1 Å². The number of benzene rings is 2. The fourth-order valence-electron chi connectivity index (χ4n) is 7.44. The SMILES string of the molecule is COc1cc2c(c(O)c1-c1c(OC)cc3c(c1O)C(=O)C1=C(C[C@H](C)O[C@@H]1C)[C@H]3O)C(=O)C1[C@@H](C)O[C@@H](C)C[C@H]1C2=O. The number of methoxy groups -OCH3 is 2. The fourth-order valence-corrected chi connectivity index (χ4v) is 7.44. The van der Waals surface area contributed by atoms with Gasteiger partial charge in [0.15, 0.2) is 17.3 Å². The summed E-state index contributed by atoms with van der Waals surface area (Å²) in [6, 6.07) is 2.83. The molecule has 2 aromatic rings. The summed E-state index contributed by atoms with van der Waals surface area (Å²) in [7, 11) is 2.67. The lowest BCUT2D eigenvalue weighted by molar-refractivity contribution is -0.0745. The summed E-state index contributed by atoms with van der Waals surface area (Å²) in [6.45, 7) is 7.16. The number of aromatic hydroxyl groups is 2. The number of phenolic OH excluding ortho intramolecular Hbond substituents is 2. The summed E-state index contributed by atoms with van der Waals surface area (Å²) < 4.78 is 22.9. The number of carbonyl (C=O) groups excluding carboxylic acids is 3. The van der Waals surface area contributed by atoms with Crippen LogP contribution in [0.5, 0.6) is 23.0 Å². The molecule has 222 valence electrons. The third-order valence-electron chi connectivity index (χ3n) is 9.17. The van der Waals surface area contributed by atoms with Crippen LogP contribution in [0.4, 0.5) is 0 Å². The zero-order chi connectivity index (χ0) is 30.4. The van der Waals surface area contributed by atoms with Gasteiger partial charge in [0, 0.05) is 22.6 Å².